The third-order valence-corrected chi connectivity index (χ3v) is 4.44. The van der Waals surface area contributed by atoms with E-state index in [9.17, 15) is 8.42 Å². The van der Waals surface area contributed by atoms with Crippen LogP contribution < -0.4 is 0 Å². The fraction of sp³-hybridized carbons (Fsp3) is 0.600. The largest absolute Gasteiger partial charge is 0.297 e. The summed E-state index contributed by atoms with van der Waals surface area (Å²) < 4.78 is 29.4. The molecule has 0 aliphatic carbocycles. The van der Waals surface area contributed by atoms with Crippen molar-refractivity contribution < 1.29 is 12.6 Å². The van der Waals surface area contributed by atoms with Gasteiger partial charge in [-0.3, -0.25) is 4.18 Å². The third-order valence-electron chi connectivity index (χ3n) is 3.02. The molecule has 108 valence electrons. The van der Waals surface area contributed by atoms with Gasteiger partial charge in [0.05, 0.1) is 11.5 Å². The van der Waals surface area contributed by atoms with Crippen LogP contribution in [0, 0.1) is 6.92 Å². The Morgan fingerprint density at radius 3 is 2.42 bits per heavy atom. The van der Waals surface area contributed by atoms with E-state index in [4.69, 9.17) is 4.18 Å². The molecule has 0 aromatic heterocycles. The highest BCUT2D eigenvalue weighted by Gasteiger charge is 2.19. The summed E-state index contributed by atoms with van der Waals surface area (Å²) in [4.78, 5) is 0.336. The zero-order valence-corrected chi connectivity index (χ0v) is 12.9. The Balaban J connectivity index is 2.97. The molecule has 0 aliphatic rings. The fourth-order valence-corrected chi connectivity index (χ4v) is 3.07. The summed E-state index contributed by atoms with van der Waals surface area (Å²) in [5.74, 6) is 0. The van der Waals surface area contributed by atoms with Crippen molar-refractivity contribution in [3.8, 4) is 0 Å². The van der Waals surface area contributed by atoms with Crippen LogP contribution in [-0.4, -0.2) is 15.0 Å². The Labute approximate surface area is 117 Å². The van der Waals surface area contributed by atoms with E-state index in [-0.39, 0.29) is 6.61 Å². The normalized spacial score (nSPS) is 11.7. The molecule has 0 aliphatic heterocycles. The molecule has 0 spiro atoms. The quantitative estimate of drug-likeness (QED) is 0.538. The zero-order valence-electron chi connectivity index (χ0n) is 12.1. The van der Waals surface area contributed by atoms with E-state index in [0.29, 0.717) is 4.90 Å². The summed E-state index contributed by atoms with van der Waals surface area (Å²) >= 11 is 0. The van der Waals surface area contributed by atoms with Crippen molar-refractivity contribution in [1.82, 2.24) is 0 Å². The number of benzene rings is 1. The molecular weight excluding hydrogens is 260 g/mol. The van der Waals surface area contributed by atoms with Gasteiger partial charge in [0.2, 0.25) is 0 Å². The Kier molecular flexibility index (Phi) is 6.52. The molecule has 0 unspecified atom stereocenters. The molecule has 19 heavy (non-hydrogen) atoms. The number of rotatable bonds is 8. The van der Waals surface area contributed by atoms with E-state index < -0.39 is 10.1 Å². The first kappa shape index (κ1) is 16.2. The van der Waals surface area contributed by atoms with Gasteiger partial charge in [-0.1, -0.05) is 44.4 Å². The highest BCUT2D eigenvalue weighted by molar-refractivity contribution is 7.86. The van der Waals surface area contributed by atoms with E-state index >= 15 is 0 Å². The molecule has 0 bridgehead atoms. The van der Waals surface area contributed by atoms with Crippen LogP contribution in [0.4, 0.5) is 0 Å². The van der Waals surface area contributed by atoms with E-state index in [1.807, 2.05) is 26.0 Å². The van der Waals surface area contributed by atoms with Gasteiger partial charge < -0.3 is 0 Å². The highest BCUT2D eigenvalue weighted by Crippen LogP contribution is 2.21. The lowest BCUT2D eigenvalue weighted by molar-refractivity contribution is 0.310. The Hall–Kier alpha value is -0.870. The summed E-state index contributed by atoms with van der Waals surface area (Å²) in [6.07, 6.45) is 4.50. The summed E-state index contributed by atoms with van der Waals surface area (Å²) in [5.41, 5.74) is 1.96. The lowest BCUT2D eigenvalue weighted by Crippen LogP contribution is -2.10. The van der Waals surface area contributed by atoms with Crippen molar-refractivity contribution in [3.63, 3.8) is 0 Å². The van der Waals surface area contributed by atoms with Crippen LogP contribution in [-0.2, 0) is 20.7 Å². The maximum atomic E-state index is 12.2. The van der Waals surface area contributed by atoms with E-state index in [2.05, 4.69) is 6.92 Å². The van der Waals surface area contributed by atoms with Gasteiger partial charge in [-0.05, 0) is 37.8 Å². The fourth-order valence-electron chi connectivity index (χ4n) is 1.89. The molecule has 0 radical (unpaired) electrons. The maximum Gasteiger partial charge on any atom is 0.297 e. The standard InChI is InChI=1S/C15H24O3S/c1-4-6-8-14-12-13(3)9-10-15(14)19(16,17)18-11-7-5-2/h9-10,12H,4-8,11H2,1-3H3. The molecule has 1 aromatic carbocycles. The van der Waals surface area contributed by atoms with E-state index in [1.54, 1.807) is 6.07 Å². The minimum atomic E-state index is -3.61. The molecule has 0 amide bonds. The van der Waals surface area contributed by atoms with Gasteiger partial charge in [-0.25, -0.2) is 0 Å². The highest BCUT2D eigenvalue weighted by atomic mass is 32.2. The first-order chi connectivity index (χ1) is 9.01. The molecule has 0 atom stereocenters. The van der Waals surface area contributed by atoms with Gasteiger partial charge in [0.15, 0.2) is 0 Å². The predicted octanol–water partition coefficient (Wildman–Crippen LogP) is 3.84. The molecule has 0 saturated heterocycles. The SMILES string of the molecule is CCCCOS(=O)(=O)c1ccc(C)cc1CCCC. The number of hydrogen-bond acceptors (Lipinski definition) is 3. The van der Waals surface area contributed by atoms with Gasteiger partial charge >= 0.3 is 0 Å². The molecule has 0 heterocycles. The van der Waals surface area contributed by atoms with Crippen molar-refractivity contribution in [2.75, 3.05) is 6.61 Å². The summed E-state index contributed by atoms with van der Waals surface area (Å²) in [6, 6.07) is 5.44. The van der Waals surface area contributed by atoms with Gasteiger partial charge in [-0.15, -0.1) is 0 Å². The molecule has 1 rings (SSSR count). The van der Waals surface area contributed by atoms with E-state index in [1.165, 1.54) is 0 Å². The number of aryl methyl sites for hydroxylation is 2. The molecular formula is C15H24O3S. The second-order valence-corrected chi connectivity index (χ2v) is 6.43. The minimum Gasteiger partial charge on any atom is -0.266 e. The van der Waals surface area contributed by atoms with Gasteiger partial charge in [0.25, 0.3) is 10.1 Å². The molecule has 0 fully saturated rings. The lowest BCUT2D eigenvalue weighted by atomic mass is 10.1. The topological polar surface area (TPSA) is 43.4 Å². The van der Waals surface area contributed by atoms with Crippen molar-refractivity contribution in [3.05, 3.63) is 29.3 Å². The van der Waals surface area contributed by atoms with Crippen molar-refractivity contribution >= 4 is 10.1 Å². The van der Waals surface area contributed by atoms with E-state index in [0.717, 1.165) is 43.2 Å². The second kappa shape index (κ2) is 7.65. The van der Waals surface area contributed by atoms with Crippen LogP contribution in [0.1, 0.15) is 50.7 Å². The average molecular weight is 284 g/mol. The van der Waals surface area contributed by atoms with Crippen LogP contribution in [0.3, 0.4) is 0 Å². The van der Waals surface area contributed by atoms with Crippen molar-refractivity contribution in [1.29, 1.82) is 0 Å². The minimum absolute atomic E-state index is 0.264. The molecule has 0 saturated carbocycles. The molecule has 4 heteroatoms. The van der Waals surface area contributed by atoms with Gasteiger partial charge in [-0.2, -0.15) is 8.42 Å². The molecule has 0 N–H and O–H groups in total. The van der Waals surface area contributed by atoms with Crippen LogP contribution >= 0.6 is 0 Å². The second-order valence-electron chi connectivity index (χ2n) is 4.84. The predicted molar refractivity (Wildman–Crippen MR) is 77.8 cm³/mol. The maximum absolute atomic E-state index is 12.2. The first-order valence-electron chi connectivity index (χ1n) is 7.00. The van der Waals surface area contributed by atoms with Crippen molar-refractivity contribution in [2.24, 2.45) is 0 Å². The Morgan fingerprint density at radius 1 is 1.11 bits per heavy atom. The molecule has 1 aromatic rings. The third kappa shape index (κ3) is 4.96. The molecule has 3 nitrogen and oxygen atoms in total. The Bertz CT molecular complexity index is 492. The number of hydrogen-bond donors (Lipinski definition) is 0. The smallest absolute Gasteiger partial charge is 0.266 e. The lowest BCUT2D eigenvalue weighted by Gasteiger charge is -2.11. The summed E-state index contributed by atoms with van der Waals surface area (Å²) in [5, 5.41) is 0. The van der Waals surface area contributed by atoms with Crippen LogP contribution in [0.25, 0.3) is 0 Å². The van der Waals surface area contributed by atoms with Crippen LogP contribution in [0.5, 0.6) is 0 Å². The van der Waals surface area contributed by atoms with Gasteiger partial charge in [0, 0.05) is 0 Å². The number of unbranched alkanes of at least 4 members (excludes halogenated alkanes) is 2. The van der Waals surface area contributed by atoms with Crippen LogP contribution in [0.2, 0.25) is 0 Å². The van der Waals surface area contributed by atoms with Gasteiger partial charge in [0.1, 0.15) is 0 Å². The first-order valence-corrected chi connectivity index (χ1v) is 8.41. The summed E-state index contributed by atoms with van der Waals surface area (Å²) in [7, 11) is -3.61. The van der Waals surface area contributed by atoms with Crippen LogP contribution in [0.15, 0.2) is 23.1 Å². The Morgan fingerprint density at radius 2 is 1.79 bits per heavy atom. The average Bonchev–Trinajstić information content (AvgIpc) is 2.36. The monoisotopic (exact) mass is 284 g/mol. The zero-order chi connectivity index (χ0) is 14.3. The van der Waals surface area contributed by atoms with Crippen molar-refractivity contribution in [2.45, 2.75) is 57.8 Å². The summed E-state index contributed by atoms with van der Waals surface area (Å²) in [6.45, 7) is 6.35.